The Hall–Kier alpha value is -5.57. The van der Waals surface area contributed by atoms with Crippen molar-refractivity contribution in [3.8, 4) is 0 Å². The number of carbonyl (C=O) groups is 7. The van der Waals surface area contributed by atoms with E-state index in [4.69, 9.17) is 32.5 Å². The molecular formula is C38H48N4O10. The number of hydrogen-bond donors (Lipinski definition) is 7. The number of hydrogen-bond acceptors (Lipinski definition) is 11. The number of aliphatic carboxylic acids is 3. The highest BCUT2D eigenvalue weighted by Gasteiger charge is 2.14. The molecule has 3 aromatic carbocycles. The van der Waals surface area contributed by atoms with E-state index in [2.05, 4.69) is 5.32 Å². The second-order valence-electron chi connectivity index (χ2n) is 12.2. The lowest BCUT2D eigenvalue weighted by Gasteiger charge is -2.08. The Kier molecular flexibility index (Phi) is 19.7. The van der Waals surface area contributed by atoms with Crippen LogP contribution in [-0.4, -0.2) is 81.0 Å². The molecule has 0 radical (unpaired) electrons. The first-order chi connectivity index (χ1) is 24.4. The van der Waals surface area contributed by atoms with E-state index in [1.807, 2.05) is 24.3 Å². The van der Waals surface area contributed by atoms with Gasteiger partial charge in [-0.3, -0.25) is 28.8 Å². The van der Waals surface area contributed by atoms with Crippen molar-refractivity contribution in [3.63, 3.8) is 0 Å². The van der Waals surface area contributed by atoms with Crippen molar-refractivity contribution in [2.45, 2.75) is 77.4 Å². The Morgan fingerprint density at radius 3 is 1.25 bits per heavy atom. The van der Waals surface area contributed by atoms with E-state index in [0.717, 1.165) is 34.4 Å². The summed E-state index contributed by atoms with van der Waals surface area (Å²) in [5.74, 6) is -3.27. The zero-order valence-electron chi connectivity index (χ0n) is 29.5. The molecule has 0 heterocycles. The number of ketones is 4. The van der Waals surface area contributed by atoms with Crippen LogP contribution in [0.15, 0.2) is 72.8 Å². The predicted molar refractivity (Wildman–Crippen MR) is 195 cm³/mol. The van der Waals surface area contributed by atoms with Gasteiger partial charge < -0.3 is 42.6 Å². The summed E-state index contributed by atoms with van der Waals surface area (Å²) in [4.78, 5) is 75.7. The van der Waals surface area contributed by atoms with Gasteiger partial charge >= 0.3 is 17.9 Å². The molecule has 0 amide bonds. The molecule has 52 heavy (non-hydrogen) atoms. The smallest absolute Gasteiger partial charge is 0.320 e. The van der Waals surface area contributed by atoms with Crippen molar-refractivity contribution in [3.05, 3.63) is 101 Å². The number of nitrogens with two attached hydrogens (primary N) is 3. The summed E-state index contributed by atoms with van der Waals surface area (Å²) in [5, 5.41) is 29.0. The lowest BCUT2D eigenvalue weighted by atomic mass is 10.0. The summed E-state index contributed by atoms with van der Waals surface area (Å²) in [7, 11) is 0. The van der Waals surface area contributed by atoms with Crippen LogP contribution in [0.4, 0.5) is 5.69 Å². The number of nitrogens with one attached hydrogen (secondary N) is 1. The third kappa shape index (κ3) is 19.0. The first-order valence-corrected chi connectivity index (χ1v) is 16.3. The molecule has 3 atom stereocenters. The third-order valence-corrected chi connectivity index (χ3v) is 7.29. The molecule has 3 unspecified atom stereocenters. The molecule has 0 saturated heterocycles. The third-order valence-electron chi connectivity index (χ3n) is 7.29. The van der Waals surface area contributed by atoms with Crippen LogP contribution in [0, 0.1) is 0 Å². The standard InChI is InChI=1S/C13H15NO4.C13H17NO3.C12H16N2O3/c1-8(15)6-12(16)10-4-2-9(3-5-10)7-11(14)13(17)18;1-9(15)2-3-10-4-6-11(7-5-10)8-12(14)13(16)17;1-8(15)7-14-10-4-2-9(3-5-10)6-11(13)12(16)17/h2-5,11H,6-7,14H2,1H3,(H,17,18);4-7,12H,2-3,8,14H2,1H3,(H,16,17);2-5,11,14H,6-7,13H2,1H3,(H,16,17). The molecule has 0 saturated carbocycles. The van der Waals surface area contributed by atoms with Gasteiger partial charge in [-0.15, -0.1) is 0 Å². The zero-order valence-corrected chi connectivity index (χ0v) is 29.5. The average molecular weight is 721 g/mol. The van der Waals surface area contributed by atoms with Gasteiger partial charge in [0.05, 0.1) is 13.0 Å². The SMILES string of the molecule is CC(=O)CC(=O)c1ccc(CC(N)C(=O)O)cc1.CC(=O)CCc1ccc(CC(N)C(=O)O)cc1.CC(=O)CNc1ccc(CC(N)C(=O)O)cc1. The Bertz CT molecular complexity index is 1580. The molecule has 0 fully saturated rings. The molecule has 3 aromatic rings. The molecule has 3 rings (SSSR count). The molecule has 0 aliphatic rings. The summed E-state index contributed by atoms with van der Waals surface area (Å²) in [5.41, 5.74) is 21.1. The normalized spacial score (nSPS) is 12.0. The van der Waals surface area contributed by atoms with E-state index >= 15 is 0 Å². The topological polar surface area (TPSA) is 270 Å². The Labute approximate surface area is 302 Å². The maximum atomic E-state index is 11.6. The number of benzene rings is 3. The highest BCUT2D eigenvalue weighted by atomic mass is 16.4. The fraction of sp³-hybridized carbons (Fsp3) is 0.342. The minimum atomic E-state index is -1.06. The number of anilines is 1. The Balaban J connectivity index is 0.000000390. The summed E-state index contributed by atoms with van der Waals surface area (Å²) in [6.07, 6.45) is 1.96. The minimum Gasteiger partial charge on any atom is -0.480 e. The van der Waals surface area contributed by atoms with Crippen molar-refractivity contribution >= 4 is 46.7 Å². The number of aryl methyl sites for hydroxylation is 1. The van der Waals surface area contributed by atoms with Crippen molar-refractivity contribution in [2.75, 3.05) is 11.9 Å². The Morgan fingerprint density at radius 1 is 0.538 bits per heavy atom. The first-order valence-electron chi connectivity index (χ1n) is 16.3. The van der Waals surface area contributed by atoms with E-state index in [0.29, 0.717) is 24.8 Å². The fourth-order valence-electron chi connectivity index (χ4n) is 4.33. The van der Waals surface area contributed by atoms with E-state index in [9.17, 15) is 33.6 Å². The average Bonchev–Trinajstić information content (AvgIpc) is 3.08. The maximum absolute atomic E-state index is 11.6. The number of carboxylic acid groups (broad SMARTS) is 3. The predicted octanol–water partition coefficient (Wildman–Crippen LogP) is 2.61. The lowest BCUT2D eigenvalue weighted by molar-refractivity contribution is -0.139. The largest absolute Gasteiger partial charge is 0.480 e. The molecule has 0 aliphatic heterocycles. The molecule has 14 heteroatoms. The summed E-state index contributed by atoms with van der Waals surface area (Å²) in [6, 6.07) is 18.5. The van der Waals surface area contributed by atoms with Gasteiger partial charge in [-0.05, 0) is 80.8 Å². The second-order valence-corrected chi connectivity index (χ2v) is 12.2. The van der Waals surface area contributed by atoms with Gasteiger partial charge in [-0.2, -0.15) is 0 Å². The van der Waals surface area contributed by atoms with Gasteiger partial charge in [0.15, 0.2) is 5.78 Å². The molecule has 10 N–H and O–H groups in total. The first kappa shape index (κ1) is 44.5. The van der Waals surface area contributed by atoms with E-state index < -0.39 is 36.0 Å². The monoisotopic (exact) mass is 720 g/mol. The molecule has 0 bridgehead atoms. The van der Waals surface area contributed by atoms with Crippen LogP contribution in [0.2, 0.25) is 0 Å². The number of carboxylic acids is 3. The van der Waals surface area contributed by atoms with E-state index in [-0.39, 0.29) is 42.5 Å². The van der Waals surface area contributed by atoms with Gasteiger partial charge in [-0.1, -0.05) is 60.7 Å². The maximum Gasteiger partial charge on any atom is 0.320 e. The van der Waals surface area contributed by atoms with Gasteiger partial charge in [0.25, 0.3) is 0 Å². The van der Waals surface area contributed by atoms with Crippen molar-refractivity contribution in [2.24, 2.45) is 17.2 Å². The number of rotatable bonds is 18. The van der Waals surface area contributed by atoms with Crippen molar-refractivity contribution < 1.29 is 48.9 Å². The molecular weight excluding hydrogens is 672 g/mol. The Morgan fingerprint density at radius 2 is 0.904 bits per heavy atom. The van der Waals surface area contributed by atoms with Crippen LogP contribution >= 0.6 is 0 Å². The molecule has 0 aromatic heterocycles. The second kappa shape index (κ2) is 23.0. The van der Waals surface area contributed by atoms with Crippen LogP contribution in [0.1, 0.15) is 66.2 Å². The molecule has 280 valence electrons. The lowest BCUT2D eigenvalue weighted by Crippen LogP contribution is -2.32. The van der Waals surface area contributed by atoms with Crippen molar-refractivity contribution in [1.82, 2.24) is 0 Å². The van der Waals surface area contributed by atoms with E-state index in [1.165, 1.54) is 13.8 Å². The molecule has 0 aliphatic carbocycles. The minimum absolute atomic E-state index is 0.0574. The quantitative estimate of drug-likeness (QED) is 0.0736. The van der Waals surface area contributed by atoms with Crippen LogP contribution in [0.5, 0.6) is 0 Å². The highest BCUT2D eigenvalue weighted by Crippen LogP contribution is 2.12. The summed E-state index contributed by atoms with van der Waals surface area (Å²) >= 11 is 0. The number of carbonyl (C=O) groups excluding carboxylic acids is 4. The van der Waals surface area contributed by atoms with Crippen LogP contribution in [0.25, 0.3) is 0 Å². The van der Waals surface area contributed by atoms with Gasteiger partial charge in [0, 0.05) is 17.7 Å². The van der Waals surface area contributed by atoms with Crippen LogP contribution in [-0.2, 0) is 54.5 Å². The van der Waals surface area contributed by atoms with Crippen LogP contribution < -0.4 is 22.5 Å². The van der Waals surface area contributed by atoms with Crippen molar-refractivity contribution in [1.29, 1.82) is 0 Å². The van der Waals surface area contributed by atoms with Gasteiger partial charge in [0.1, 0.15) is 35.5 Å². The van der Waals surface area contributed by atoms with Crippen LogP contribution in [0.3, 0.4) is 0 Å². The molecule has 14 nitrogen and oxygen atoms in total. The van der Waals surface area contributed by atoms with Gasteiger partial charge in [0.2, 0.25) is 0 Å². The number of Topliss-reactive ketones (excluding diaryl/α,β-unsaturated/α-hetero) is 4. The highest BCUT2D eigenvalue weighted by molar-refractivity contribution is 6.07. The zero-order chi connectivity index (χ0) is 39.4. The summed E-state index contributed by atoms with van der Waals surface area (Å²) in [6.45, 7) is 4.72. The fourth-order valence-corrected chi connectivity index (χ4v) is 4.33. The summed E-state index contributed by atoms with van der Waals surface area (Å²) < 4.78 is 0. The van der Waals surface area contributed by atoms with Gasteiger partial charge in [-0.25, -0.2) is 0 Å². The van der Waals surface area contributed by atoms with E-state index in [1.54, 1.807) is 55.5 Å². The molecule has 0 spiro atoms.